The van der Waals surface area contributed by atoms with Gasteiger partial charge in [0.1, 0.15) is 5.78 Å². The Morgan fingerprint density at radius 1 is 1.15 bits per heavy atom. The summed E-state index contributed by atoms with van der Waals surface area (Å²) < 4.78 is 0. The predicted molar refractivity (Wildman–Crippen MR) is 82.5 cm³/mol. The number of benzene rings is 1. The van der Waals surface area contributed by atoms with Gasteiger partial charge >= 0.3 is 0 Å². The van der Waals surface area contributed by atoms with Crippen LogP contribution in [-0.2, 0) is 11.2 Å². The Hall–Kier alpha value is -1.11. The Balaban J connectivity index is 1.64. The minimum atomic E-state index is -0.0465. The van der Waals surface area contributed by atoms with Gasteiger partial charge in [0.25, 0.3) is 0 Å². The van der Waals surface area contributed by atoms with E-state index in [9.17, 15) is 4.79 Å². The first-order valence-electron chi connectivity index (χ1n) is 8.05. The van der Waals surface area contributed by atoms with Crippen LogP contribution in [0.2, 0.25) is 0 Å². The molecule has 108 valence electrons. The van der Waals surface area contributed by atoms with E-state index in [1.165, 1.54) is 12.0 Å². The molecular weight excluding hydrogens is 244 g/mol. The van der Waals surface area contributed by atoms with Gasteiger partial charge in [-0.1, -0.05) is 51.1 Å². The number of carbonyl (C=O) groups is 1. The topological polar surface area (TPSA) is 17.1 Å². The van der Waals surface area contributed by atoms with Gasteiger partial charge in [0.15, 0.2) is 0 Å². The largest absolute Gasteiger partial charge is 0.299 e. The van der Waals surface area contributed by atoms with Gasteiger partial charge in [0.2, 0.25) is 0 Å². The van der Waals surface area contributed by atoms with E-state index in [2.05, 4.69) is 51.1 Å². The summed E-state index contributed by atoms with van der Waals surface area (Å²) in [5, 5.41) is 0. The van der Waals surface area contributed by atoms with Crippen LogP contribution in [0.3, 0.4) is 0 Å². The third-order valence-electron chi connectivity index (χ3n) is 6.49. The smallest absolute Gasteiger partial charge is 0.142 e. The second-order valence-electron chi connectivity index (χ2n) is 7.55. The fourth-order valence-electron chi connectivity index (χ4n) is 4.78. The highest BCUT2D eigenvalue weighted by molar-refractivity contribution is 5.91. The Bertz CT molecular complexity index is 502. The number of carbonyl (C=O) groups excluding carboxylic acids is 1. The first-order valence-corrected chi connectivity index (χ1v) is 8.05. The van der Waals surface area contributed by atoms with E-state index < -0.39 is 0 Å². The van der Waals surface area contributed by atoms with Gasteiger partial charge in [0, 0.05) is 11.3 Å². The predicted octanol–water partition coefficient (Wildman–Crippen LogP) is 4.65. The average Bonchev–Trinajstić information content (AvgIpc) is 2.74. The zero-order valence-electron chi connectivity index (χ0n) is 13.0. The molecule has 1 aromatic carbocycles. The number of fused-ring (bicyclic) bond motifs is 2. The summed E-state index contributed by atoms with van der Waals surface area (Å²) in [5.41, 5.74) is 1.56. The third kappa shape index (κ3) is 1.86. The van der Waals surface area contributed by atoms with Crippen molar-refractivity contribution in [2.24, 2.45) is 22.7 Å². The molecule has 3 atom stereocenters. The van der Waals surface area contributed by atoms with Gasteiger partial charge in [-0.05, 0) is 49.0 Å². The van der Waals surface area contributed by atoms with E-state index in [0.717, 1.165) is 25.7 Å². The minimum absolute atomic E-state index is 0.0465. The molecule has 2 fully saturated rings. The quantitative estimate of drug-likeness (QED) is 0.778. The first kappa shape index (κ1) is 13.9. The molecule has 1 heteroatoms. The monoisotopic (exact) mass is 270 g/mol. The molecule has 2 aliphatic rings. The van der Waals surface area contributed by atoms with Gasteiger partial charge in [-0.15, -0.1) is 0 Å². The van der Waals surface area contributed by atoms with Crippen molar-refractivity contribution in [3.8, 4) is 0 Å². The minimum Gasteiger partial charge on any atom is -0.299 e. The van der Waals surface area contributed by atoms with Gasteiger partial charge in [-0.25, -0.2) is 0 Å². The third-order valence-corrected chi connectivity index (χ3v) is 6.49. The summed E-state index contributed by atoms with van der Waals surface area (Å²) in [5.74, 6) is 1.51. The fraction of sp³-hybridized carbons (Fsp3) is 0.632. The molecule has 0 aliphatic heterocycles. The summed E-state index contributed by atoms with van der Waals surface area (Å²) in [4.78, 5) is 12.7. The van der Waals surface area contributed by atoms with E-state index in [1.54, 1.807) is 0 Å². The number of Topliss-reactive ketones (excluding diaryl/α,β-unsaturated/α-hetero) is 1. The van der Waals surface area contributed by atoms with Crippen LogP contribution >= 0.6 is 0 Å². The SMILES string of the molecule is CC1(C)[C@@H]2CC[C@@]1(C)C(=O)[C@@H]2CCCc1ccccc1. The lowest BCUT2D eigenvalue weighted by Crippen LogP contribution is -2.33. The molecule has 1 nitrogen and oxygen atoms in total. The summed E-state index contributed by atoms with van der Waals surface area (Å²) in [6.07, 6.45) is 5.69. The molecule has 0 amide bonds. The van der Waals surface area contributed by atoms with Crippen molar-refractivity contribution in [2.75, 3.05) is 0 Å². The number of aryl methyl sites for hydroxylation is 1. The number of hydrogen-bond donors (Lipinski definition) is 0. The maximum absolute atomic E-state index is 12.7. The van der Waals surface area contributed by atoms with Crippen molar-refractivity contribution in [1.82, 2.24) is 0 Å². The summed E-state index contributed by atoms with van der Waals surface area (Å²) in [7, 11) is 0. The molecule has 0 saturated heterocycles. The lowest BCUT2D eigenvalue weighted by molar-refractivity contribution is -0.131. The van der Waals surface area contributed by atoms with Crippen molar-refractivity contribution in [1.29, 1.82) is 0 Å². The van der Waals surface area contributed by atoms with E-state index in [4.69, 9.17) is 0 Å². The Morgan fingerprint density at radius 3 is 2.45 bits per heavy atom. The number of rotatable bonds is 4. The molecule has 2 saturated carbocycles. The Kier molecular flexibility index (Phi) is 3.27. The Labute approximate surface area is 122 Å². The van der Waals surface area contributed by atoms with E-state index >= 15 is 0 Å². The Morgan fingerprint density at radius 2 is 1.85 bits per heavy atom. The molecule has 0 spiro atoms. The van der Waals surface area contributed by atoms with Crippen LogP contribution in [0.5, 0.6) is 0 Å². The molecule has 2 aliphatic carbocycles. The molecule has 0 unspecified atom stereocenters. The highest BCUT2D eigenvalue weighted by Crippen LogP contribution is 2.66. The maximum atomic E-state index is 12.7. The molecular formula is C19H26O. The second-order valence-corrected chi connectivity index (χ2v) is 7.55. The molecule has 0 aromatic heterocycles. The van der Waals surface area contributed by atoms with E-state index in [0.29, 0.717) is 17.6 Å². The number of hydrogen-bond acceptors (Lipinski definition) is 1. The molecule has 20 heavy (non-hydrogen) atoms. The standard InChI is InChI=1S/C19H26O/c1-18(2)16-12-13-19(18,3)17(20)15(16)11-7-10-14-8-5-4-6-9-14/h4-6,8-9,15-16H,7,10-13H2,1-3H3/t15-,16-,19+/m1/s1. The highest BCUT2D eigenvalue weighted by atomic mass is 16.1. The average molecular weight is 270 g/mol. The zero-order valence-corrected chi connectivity index (χ0v) is 13.0. The van der Waals surface area contributed by atoms with E-state index in [-0.39, 0.29) is 10.8 Å². The summed E-state index contributed by atoms with van der Waals surface area (Å²) in [6, 6.07) is 10.6. The first-order chi connectivity index (χ1) is 9.47. The maximum Gasteiger partial charge on any atom is 0.142 e. The number of ketones is 1. The van der Waals surface area contributed by atoms with Crippen molar-refractivity contribution < 1.29 is 4.79 Å². The highest BCUT2D eigenvalue weighted by Gasteiger charge is 2.65. The van der Waals surface area contributed by atoms with Crippen molar-refractivity contribution >= 4 is 5.78 Å². The van der Waals surface area contributed by atoms with E-state index in [1.807, 2.05) is 0 Å². The molecule has 0 heterocycles. The van der Waals surface area contributed by atoms with Crippen LogP contribution in [0.15, 0.2) is 30.3 Å². The molecule has 3 rings (SSSR count). The second kappa shape index (κ2) is 4.72. The molecule has 2 bridgehead atoms. The molecule has 1 aromatic rings. The van der Waals surface area contributed by atoms with Gasteiger partial charge < -0.3 is 0 Å². The normalized spacial score (nSPS) is 34.6. The fourth-order valence-corrected chi connectivity index (χ4v) is 4.78. The van der Waals surface area contributed by atoms with Crippen molar-refractivity contribution in [3.05, 3.63) is 35.9 Å². The van der Waals surface area contributed by atoms with Crippen molar-refractivity contribution in [3.63, 3.8) is 0 Å². The van der Waals surface area contributed by atoms with Crippen molar-refractivity contribution in [2.45, 2.75) is 52.9 Å². The van der Waals surface area contributed by atoms with Crippen LogP contribution < -0.4 is 0 Å². The van der Waals surface area contributed by atoms with Gasteiger partial charge in [-0.2, -0.15) is 0 Å². The van der Waals surface area contributed by atoms with Gasteiger partial charge in [-0.3, -0.25) is 4.79 Å². The molecule has 0 N–H and O–H groups in total. The lowest BCUT2D eigenvalue weighted by Gasteiger charge is -2.32. The summed E-state index contributed by atoms with van der Waals surface area (Å²) >= 11 is 0. The van der Waals surface area contributed by atoms with Crippen LogP contribution in [0.1, 0.15) is 52.0 Å². The van der Waals surface area contributed by atoms with Crippen LogP contribution in [-0.4, -0.2) is 5.78 Å². The van der Waals surface area contributed by atoms with Crippen LogP contribution in [0, 0.1) is 22.7 Å². The molecule has 0 radical (unpaired) electrons. The zero-order chi connectivity index (χ0) is 14.4. The summed E-state index contributed by atoms with van der Waals surface area (Å²) in [6.45, 7) is 6.85. The van der Waals surface area contributed by atoms with Crippen LogP contribution in [0.25, 0.3) is 0 Å². The van der Waals surface area contributed by atoms with Gasteiger partial charge in [0.05, 0.1) is 0 Å². The lowest BCUT2D eigenvalue weighted by atomic mass is 9.70. The van der Waals surface area contributed by atoms with Crippen LogP contribution in [0.4, 0.5) is 0 Å².